The molecule has 0 fully saturated rings. The number of aryl methyl sites for hydroxylation is 2. The third-order valence-corrected chi connectivity index (χ3v) is 2.62. The molecule has 6 nitrogen and oxygen atoms in total. The van der Waals surface area contributed by atoms with E-state index in [2.05, 4.69) is 5.10 Å². The lowest BCUT2D eigenvalue weighted by Gasteiger charge is -2.14. The molecule has 0 aromatic carbocycles. The molecule has 1 aromatic rings. The van der Waals surface area contributed by atoms with E-state index in [1.165, 1.54) is 4.68 Å². The molecular formula is C11H19N3O3. The van der Waals surface area contributed by atoms with Gasteiger partial charge in [-0.1, -0.05) is 13.8 Å². The van der Waals surface area contributed by atoms with Gasteiger partial charge in [0.15, 0.2) is 5.69 Å². The average Bonchev–Trinajstić information content (AvgIpc) is 2.49. The maximum Gasteiger partial charge on any atom is 0.358 e. The first-order valence-electron chi connectivity index (χ1n) is 5.48. The molecule has 0 saturated heterocycles. The van der Waals surface area contributed by atoms with Gasteiger partial charge in [-0.2, -0.15) is 5.10 Å². The number of nitrogens with zero attached hydrogens (tertiary/aromatic N) is 2. The molecule has 1 atom stereocenters. The molecule has 0 aliphatic rings. The van der Waals surface area contributed by atoms with Crippen molar-refractivity contribution in [1.29, 1.82) is 0 Å². The highest BCUT2D eigenvalue weighted by atomic mass is 16.5. The van der Waals surface area contributed by atoms with Gasteiger partial charge < -0.3 is 15.6 Å². The highest BCUT2D eigenvalue weighted by Gasteiger charge is 2.21. The molecule has 0 saturated carbocycles. The quantitative estimate of drug-likeness (QED) is 0.748. The molecule has 1 rings (SSSR count). The van der Waals surface area contributed by atoms with E-state index < -0.39 is 12.1 Å². The molecular weight excluding hydrogens is 222 g/mol. The van der Waals surface area contributed by atoms with Crippen molar-refractivity contribution < 1.29 is 14.6 Å². The minimum atomic E-state index is -0.672. The number of ether oxygens (including phenoxy) is 1. The van der Waals surface area contributed by atoms with Crippen molar-refractivity contribution in [1.82, 2.24) is 9.78 Å². The van der Waals surface area contributed by atoms with Crippen molar-refractivity contribution >= 4 is 11.7 Å². The summed E-state index contributed by atoms with van der Waals surface area (Å²) in [5, 5.41) is 13.6. The Bertz CT molecular complexity index is 412. The molecule has 17 heavy (non-hydrogen) atoms. The molecule has 1 heterocycles. The number of esters is 1. The highest BCUT2D eigenvalue weighted by Crippen LogP contribution is 2.16. The van der Waals surface area contributed by atoms with Crippen LogP contribution in [0.3, 0.4) is 0 Å². The number of aliphatic hydroxyl groups is 1. The van der Waals surface area contributed by atoms with E-state index in [4.69, 9.17) is 10.5 Å². The number of nitrogens with two attached hydrogens (primary N) is 1. The zero-order valence-corrected chi connectivity index (χ0v) is 10.6. The summed E-state index contributed by atoms with van der Waals surface area (Å²) in [6, 6.07) is 0. The van der Waals surface area contributed by atoms with Gasteiger partial charge in [0.2, 0.25) is 0 Å². The Hall–Kier alpha value is -1.56. The first-order valence-corrected chi connectivity index (χ1v) is 5.48. The number of anilines is 1. The average molecular weight is 241 g/mol. The summed E-state index contributed by atoms with van der Waals surface area (Å²) in [5.41, 5.74) is 6.85. The van der Waals surface area contributed by atoms with E-state index in [0.29, 0.717) is 11.4 Å². The van der Waals surface area contributed by atoms with Crippen molar-refractivity contribution in [2.45, 2.75) is 26.9 Å². The van der Waals surface area contributed by atoms with Crippen LogP contribution in [0.2, 0.25) is 0 Å². The second-order valence-electron chi connectivity index (χ2n) is 4.38. The van der Waals surface area contributed by atoms with Crippen LogP contribution >= 0.6 is 0 Å². The Morgan fingerprint density at radius 3 is 2.59 bits per heavy atom. The van der Waals surface area contributed by atoms with Gasteiger partial charge in [-0.05, 0) is 12.8 Å². The van der Waals surface area contributed by atoms with E-state index >= 15 is 0 Å². The molecule has 0 aliphatic heterocycles. The first-order chi connectivity index (χ1) is 7.84. The maximum atomic E-state index is 11.8. The Morgan fingerprint density at radius 2 is 2.18 bits per heavy atom. The summed E-state index contributed by atoms with van der Waals surface area (Å²) < 4.78 is 6.38. The molecule has 0 aliphatic carbocycles. The van der Waals surface area contributed by atoms with Gasteiger partial charge in [0.05, 0.1) is 17.5 Å². The van der Waals surface area contributed by atoms with Gasteiger partial charge in [-0.25, -0.2) is 4.79 Å². The van der Waals surface area contributed by atoms with E-state index in [1.54, 1.807) is 14.0 Å². The van der Waals surface area contributed by atoms with Crippen molar-refractivity contribution in [3.05, 3.63) is 11.4 Å². The Morgan fingerprint density at radius 1 is 1.59 bits per heavy atom. The monoisotopic (exact) mass is 241 g/mol. The van der Waals surface area contributed by atoms with Crippen LogP contribution in [-0.4, -0.2) is 33.6 Å². The second kappa shape index (κ2) is 5.18. The summed E-state index contributed by atoms with van der Waals surface area (Å²) in [6.45, 7) is 5.37. The molecule has 1 unspecified atom stereocenters. The molecule has 96 valence electrons. The lowest BCUT2D eigenvalue weighted by Crippen LogP contribution is -2.24. The molecule has 0 bridgehead atoms. The zero-order valence-electron chi connectivity index (χ0n) is 10.6. The molecule has 6 heteroatoms. The van der Waals surface area contributed by atoms with Crippen LogP contribution in [0.1, 0.15) is 30.0 Å². The molecule has 3 N–H and O–H groups in total. The largest absolute Gasteiger partial charge is 0.458 e. The number of carbonyl (C=O) groups is 1. The summed E-state index contributed by atoms with van der Waals surface area (Å²) in [7, 11) is 1.62. The number of hydrogen-bond donors (Lipinski definition) is 2. The number of nitrogen functional groups attached to an aromatic ring is 1. The molecule has 0 spiro atoms. The predicted octanol–water partition coefficient (Wildman–Crippen LogP) is 0.484. The van der Waals surface area contributed by atoms with E-state index in [9.17, 15) is 9.90 Å². The molecule has 0 radical (unpaired) electrons. The van der Waals surface area contributed by atoms with Crippen molar-refractivity contribution in [3.8, 4) is 0 Å². The maximum absolute atomic E-state index is 11.8. The Balaban J connectivity index is 2.71. The van der Waals surface area contributed by atoms with E-state index in [-0.39, 0.29) is 18.2 Å². The first kappa shape index (κ1) is 13.5. The summed E-state index contributed by atoms with van der Waals surface area (Å²) in [6.07, 6.45) is -0.672. The minimum Gasteiger partial charge on any atom is -0.458 e. The fourth-order valence-electron chi connectivity index (χ4n) is 1.34. The standard InChI is InChI=1S/C11H19N3O3/c1-6(2)8(15)5-17-11(16)10-9(12)7(3)13-14(10)4/h6,8,15H,5,12H2,1-4H3. The van der Waals surface area contributed by atoms with Crippen molar-refractivity contribution in [3.63, 3.8) is 0 Å². The van der Waals surface area contributed by atoms with E-state index in [0.717, 1.165) is 0 Å². The lowest BCUT2D eigenvalue weighted by molar-refractivity contribution is 0.0128. The van der Waals surface area contributed by atoms with Crippen LogP contribution in [0.5, 0.6) is 0 Å². The number of aromatic nitrogens is 2. The van der Waals surface area contributed by atoms with Crippen LogP contribution in [0.25, 0.3) is 0 Å². The van der Waals surface area contributed by atoms with Crippen LogP contribution in [-0.2, 0) is 11.8 Å². The molecule has 1 aromatic heterocycles. The van der Waals surface area contributed by atoms with Crippen LogP contribution in [0, 0.1) is 12.8 Å². The fourth-order valence-corrected chi connectivity index (χ4v) is 1.34. The summed E-state index contributed by atoms with van der Waals surface area (Å²) in [4.78, 5) is 11.8. The van der Waals surface area contributed by atoms with Crippen LogP contribution in [0.15, 0.2) is 0 Å². The number of carbonyl (C=O) groups excluding carboxylic acids is 1. The van der Waals surface area contributed by atoms with Gasteiger partial charge >= 0.3 is 5.97 Å². The zero-order chi connectivity index (χ0) is 13.2. The van der Waals surface area contributed by atoms with Gasteiger partial charge in [0.1, 0.15) is 6.61 Å². The van der Waals surface area contributed by atoms with E-state index in [1.807, 2.05) is 13.8 Å². The second-order valence-corrected chi connectivity index (χ2v) is 4.38. The third-order valence-electron chi connectivity index (χ3n) is 2.62. The lowest BCUT2D eigenvalue weighted by atomic mass is 10.1. The number of rotatable bonds is 4. The fraction of sp³-hybridized carbons (Fsp3) is 0.636. The predicted molar refractivity (Wildman–Crippen MR) is 63.5 cm³/mol. The van der Waals surface area contributed by atoms with Crippen molar-refractivity contribution in [2.75, 3.05) is 12.3 Å². The Labute approximate surface area is 100 Å². The topological polar surface area (TPSA) is 90.4 Å². The SMILES string of the molecule is Cc1nn(C)c(C(=O)OCC(O)C(C)C)c1N. The summed E-state index contributed by atoms with van der Waals surface area (Å²) >= 11 is 0. The normalized spacial score (nSPS) is 12.8. The number of aliphatic hydroxyl groups excluding tert-OH is 1. The molecule has 0 amide bonds. The van der Waals surface area contributed by atoms with Gasteiger partial charge in [0.25, 0.3) is 0 Å². The summed E-state index contributed by atoms with van der Waals surface area (Å²) in [5.74, 6) is -0.529. The van der Waals surface area contributed by atoms with Crippen LogP contribution in [0.4, 0.5) is 5.69 Å². The number of hydrogen-bond acceptors (Lipinski definition) is 5. The third kappa shape index (κ3) is 2.97. The Kier molecular flexibility index (Phi) is 4.11. The van der Waals surface area contributed by atoms with Crippen molar-refractivity contribution in [2.24, 2.45) is 13.0 Å². The van der Waals surface area contributed by atoms with Gasteiger partial charge in [-0.15, -0.1) is 0 Å². The van der Waals surface area contributed by atoms with Gasteiger partial charge in [0, 0.05) is 7.05 Å². The highest BCUT2D eigenvalue weighted by molar-refractivity contribution is 5.93. The van der Waals surface area contributed by atoms with Gasteiger partial charge in [-0.3, -0.25) is 4.68 Å². The minimum absolute atomic E-state index is 0.0356. The van der Waals surface area contributed by atoms with Crippen LogP contribution < -0.4 is 5.73 Å². The smallest absolute Gasteiger partial charge is 0.358 e.